The van der Waals surface area contributed by atoms with E-state index in [2.05, 4.69) is 10.2 Å². The molecule has 0 aliphatic carbocycles. The summed E-state index contributed by atoms with van der Waals surface area (Å²) >= 11 is 0. The van der Waals surface area contributed by atoms with E-state index >= 15 is 0 Å². The van der Waals surface area contributed by atoms with Crippen LogP contribution in [0.5, 0.6) is 0 Å². The monoisotopic (exact) mass is 434 g/mol. The van der Waals surface area contributed by atoms with E-state index in [-0.39, 0.29) is 34.9 Å². The number of rotatable bonds is 4. The zero-order chi connectivity index (χ0) is 23.0. The van der Waals surface area contributed by atoms with Crippen LogP contribution in [0.3, 0.4) is 0 Å². The molecule has 8 heteroatoms. The van der Waals surface area contributed by atoms with Crippen molar-refractivity contribution >= 4 is 29.3 Å². The number of hydrogen-bond acceptors (Lipinski definition) is 5. The fourth-order valence-corrected chi connectivity index (χ4v) is 3.96. The number of anilines is 1. The molecule has 0 radical (unpaired) electrons. The lowest BCUT2D eigenvalue weighted by atomic mass is 10.1. The third-order valence-corrected chi connectivity index (χ3v) is 5.88. The van der Waals surface area contributed by atoms with Gasteiger partial charge in [0, 0.05) is 49.0 Å². The molecule has 1 fully saturated rings. The standard InChI is InChI=1S/C24H26N4O4/c1-15(2)28-23(31)19-9-6-17(14-20(19)24(28)32)21(29)25-18-7-4-16(5-8-18)22(30)27-12-10-26(3)11-13-27/h4-9,14-15H,10-13H2,1-3H3,(H,25,29). The van der Waals surface area contributed by atoms with Gasteiger partial charge in [-0.25, -0.2) is 0 Å². The van der Waals surface area contributed by atoms with Crippen LogP contribution in [0.4, 0.5) is 5.69 Å². The Labute approximate surface area is 186 Å². The predicted molar refractivity (Wildman–Crippen MR) is 120 cm³/mol. The zero-order valence-corrected chi connectivity index (χ0v) is 18.4. The van der Waals surface area contributed by atoms with Crippen LogP contribution in [0.25, 0.3) is 0 Å². The lowest BCUT2D eigenvalue weighted by Gasteiger charge is -2.32. The molecule has 32 heavy (non-hydrogen) atoms. The highest BCUT2D eigenvalue weighted by atomic mass is 16.2. The Balaban J connectivity index is 1.44. The summed E-state index contributed by atoms with van der Waals surface area (Å²) in [5.41, 5.74) is 1.95. The van der Waals surface area contributed by atoms with Crippen molar-refractivity contribution in [3.8, 4) is 0 Å². The fourth-order valence-electron chi connectivity index (χ4n) is 3.96. The van der Waals surface area contributed by atoms with Crippen molar-refractivity contribution in [1.82, 2.24) is 14.7 Å². The summed E-state index contributed by atoms with van der Waals surface area (Å²) in [6, 6.07) is 11.0. The minimum Gasteiger partial charge on any atom is -0.336 e. The number of carbonyl (C=O) groups excluding carboxylic acids is 4. The Bertz CT molecular complexity index is 1090. The lowest BCUT2D eigenvalue weighted by Crippen LogP contribution is -2.47. The van der Waals surface area contributed by atoms with Crippen LogP contribution in [0.2, 0.25) is 0 Å². The van der Waals surface area contributed by atoms with E-state index in [1.54, 1.807) is 38.1 Å². The molecule has 1 N–H and O–H groups in total. The highest BCUT2D eigenvalue weighted by Gasteiger charge is 2.37. The smallest absolute Gasteiger partial charge is 0.261 e. The summed E-state index contributed by atoms with van der Waals surface area (Å²) in [5, 5.41) is 2.78. The largest absolute Gasteiger partial charge is 0.336 e. The molecule has 0 bridgehead atoms. The number of amides is 4. The molecule has 0 spiro atoms. The number of likely N-dealkylation sites (N-methyl/N-ethyl adjacent to an activating group) is 1. The van der Waals surface area contributed by atoms with Crippen molar-refractivity contribution in [3.05, 3.63) is 64.7 Å². The third-order valence-electron chi connectivity index (χ3n) is 5.88. The van der Waals surface area contributed by atoms with Crippen molar-refractivity contribution < 1.29 is 19.2 Å². The summed E-state index contributed by atoms with van der Waals surface area (Å²) in [7, 11) is 2.04. The maximum absolute atomic E-state index is 12.7. The molecule has 2 heterocycles. The second kappa shape index (κ2) is 8.55. The van der Waals surface area contributed by atoms with Crippen LogP contribution in [-0.2, 0) is 0 Å². The molecule has 8 nitrogen and oxygen atoms in total. The maximum atomic E-state index is 12.7. The molecule has 1 saturated heterocycles. The normalized spacial score (nSPS) is 16.5. The molecule has 0 saturated carbocycles. The first-order valence-corrected chi connectivity index (χ1v) is 10.7. The fraction of sp³-hybridized carbons (Fsp3) is 0.333. The van der Waals surface area contributed by atoms with Crippen molar-refractivity contribution in [1.29, 1.82) is 0 Å². The molecule has 2 aromatic rings. The highest BCUT2D eigenvalue weighted by molar-refractivity contribution is 6.22. The molecule has 0 unspecified atom stereocenters. The van der Waals surface area contributed by atoms with Crippen LogP contribution in [0, 0.1) is 0 Å². The third kappa shape index (κ3) is 4.01. The van der Waals surface area contributed by atoms with Crippen molar-refractivity contribution in [2.45, 2.75) is 19.9 Å². The van der Waals surface area contributed by atoms with Crippen molar-refractivity contribution in [3.63, 3.8) is 0 Å². The SMILES string of the molecule is CC(C)N1C(=O)c2ccc(C(=O)Nc3ccc(C(=O)N4CCN(C)CC4)cc3)cc2C1=O. The average Bonchev–Trinajstić information content (AvgIpc) is 3.04. The van der Waals surface area contributed by atoms with E-state index in [0.29, 0.717) is 29.9 Å². The van der Waals surface area contributed by atoms with Crippen molar-refractivity contribution in [2.75, 3.05) is 38.5 Å². The van der Waals surface area contributed by atoms with Gasteiger partial charge in [0.1, 0.15) is 0 Å². The Morgan fingerprint density at radius 2 is 1.44 bits per heavy atom. The molecule has 0 aromatic heterocycles. The van der Waals surface area contributed by atoms with Crippen LogP contribution < -0.4 is 5.32 Å². The summed E-state index contributed by atoms with van der Waals surface area (Å²) < 4.78 is 0. The summed E-state index contributed by atoms with van der Waals surface area (Å²) in [5.74, 6) is -1.14. The van der Waals surface area contributed by atoms with E-state index in [0.717, 1.165) is 13.1 Å². The average molecular weight is 434 g/mol. The van der Waals surface area contributed by atoms with Gasteiger partial charge in [0.2, 0.25) is 0 Å². The molecule has 2 aromatic carbocycles. The van der Waals surface area contributed by atoms with Crippen LogP contribution in [0.1, 0.15) is 55.3 Å². The molecule has 0 atom stereocenters. The first-order valence-electron chi connectivity index (χ1n) is 10.7. The number of nitrogens with zero attached hydrogens (tertiary/aromatic N) is 3. The van der Waals surface area contributed by atoms with Gasteiger partial charge in [0.25, 0.3) is 23.6 Å². The van der Waals surface area contributed by atoms with E-state index in [4.69, 9.17) is 0 Å². The van der Waals surface area contributed by atoms with E-state index in [9.17, 15) is 19.2 Å². The zero-order valence-electron chi connectivity index (χ0n) is 18.4. The Morgan fingerprint density at radius 1 is 0.844 bits per heavy atom. The molecule has 4 rings (SSSR count). The summed E-state index contributed by atoms with van der Waals surface area (Å²) in [4.78, 5) is 55.6. The number of piperazine rings is 1. The van der Waals surface area contributed by atoms with Gasteiger partial charge in [0.05, 0.1) is 11.1 Å². The van der Waals surface area contributed by atoms with Gasteiger partial charge >= 0.3 is 0 Å². The summed E-state index contributed by atoms with van der Waals surface area (Å²) in [6.07, 6.45) is 0. The highest BCUT2D eigenvalue weighted by Crippen LogP contribution is 2.26. The van der Waals surface area contributed by atoms with E-state index < -0.39 is 5.91 Å². The summed E-state index contributed by atoms with van der Waals surface area (Å²) in [6.45, 7) is 6.64. The number of hydrogen-bond donors (Lipinski definition) is 1. The van der Waals surface area contributed by atoms with Gasteiger partial charge in [-0.3, -0.25) is 24.1 Å². The van der Waals surface area contributed by atoms with Gasteiger partial charge in [0.15, 0.2) is 0 Å². The second-order valence-electron chi connectivity index (χ2n) is 8.46. The molecule has 4 amide bonds. The van der Waals surface area contributed by atoms with Crippen LogP contribution >= 0.6 is 0 Å². The Morgan fingerprint density at radius 3 is 2.06 bits per heavy atom. The van der Waals surface area contributed by atoms with Crippen LogP contribution in [-0.4, -0.2) is 77.6 Å². The molecule has 166 valence electrons. The molecule has 2 aliphatic heterocycles. The number of imide groups is 1. The minimum atomic E-state index is -0.394. The minimum absolute atomic E-state index is 0.0208. The number of nitrogens with one attached hydrogen (secondary N) is 1. The topological polar surface area (TPSA) is 90.0 Å². The first kappa shape index (κ1) is 21.7. The Kier molecular flexibility index (Phi) is 5.80. The predicted octanol–water partition coefficient (Wildman–Crippen LogP) is 2.33. The molecule has 2 aliphatic rings. The number of benzene rings is 2. The van der Waals surface area contributed by atoms with Gasteiger partial charge in [-0.2, -0.15) is 0 Å². The van der Waals surface area contributed by atoms with Crippen molar-refractivity contribution in [2.24, 2.45) is 0 Å². The first-order chi connectivity index (χ1) is 15.3. The lowest BCUT2D eigenvalue weighted by molar-refractivity contribution is 0.0607. The maximum Gasteiger partial charge on any atom is 0.261 e. The quantitative estimate of drug-likeness (QED) is 0.746. The Hall–Kier alpha value is -3.52. The second-order valence-corrected chi connectivity index (χ2v) is 8.46. The van der Waals surface area contributed by atoms with Gasteiger partial charge in [-0.05, 0) is 63.4 Å². The van der Waals surface area contributed by atoms with Crippen LogP contribution in [0.15, 0.2) is 42.5 Å². The molecular weight excluding hydrogens is 408 g/mol. The van der Waals surface area contributed by atoms with Gasteiger partial charge < -0.3 is 15.1 Å². The molecular formula is C24H26N4O4. The van der Waals surface area contributed by atoms with E-state index in [1.807, 2.05) is 11.9 Å². The number of fused-ring (bicyclic) bond motifs is 1. The van der Waals surface area contributed by atoms with E-state index in [1.165, 1.54) is 23.1 Å². The number of carbonyl (C=O) groups is 4. The van der Waals surface area contributed by atoms with Gasteiger partial charge in [-0.15, -0.1) is 0 Å². The van der Waals surface area contributed by atoms with Gasteiger partial charge in [-0.1, -0.05) is 0 Å².